The molecule has 4 aromatic rings. The number of oxazole rings is 1. The number of halogens is 3. The van der Waals surface area contributed by atoms with E-state index in [4.69, 9.17) is 4.42 Å². The number of aromatic nitrogens is 2. The van der Waals surface area contributed by atoms with Crippen LogP contribution in [0.15, 0.2) is 71.3 Å². The molecule has 2 heterocycles. The third-order valence-electron chi connectivity index (χ3n) is 4.01. The number of hydrogen-bond acceptors (Lipinski definition) is 4. The molecule has 0 bridgehead atoms. The molecule has 0 unspecified atom stereocenters. The molecule has 0 atom stereocenters. The summed E-state index contributed by atoms with van der Waals surface area (Å²) in [6.45, 7) is 0. The molecule has 0 aliphatic rings. The van der Waals surface area contributed by atoms with Crippen LogP contribution in [-0.4, -0.2) is 15.9 Å². The summed E-state index contributed by atoms with van der Waals surface area (Å²) in [5.74, 6) is -0.565. The molecule has 0 fully saturated rings. The Morgan fingerprint density at radius 3 is 2.61 bits per heavy atom. The number of rotatable bonds is 3. The first-order valence-corrected chi connectivity index (χ1v) is 8.21. The summed E-state index contributed by atoms with van der Waals surface area (Å²) in [6.07, 6.45) is -3.04. The van der Waals surface area contributed by atoms with Crippen LogP contribution in [0.4, 0.5) is 18.9 Å². The molecule has 140 valence electrons. The van der Waals surface area contributed by atoms with Gasteiger partial charge < -0.3 is 9.73 Å². The highest BCUT2D eigenvalue weighted by atomic mass is 19.4. The van der Waals surface area contributed by atoms with E-state index >= 15 is 0 Å². The minimum absolute atomic E-state index is 0.292. The summed E-state index contributed by atoms with van der Waals surface area (Å²) in [5.41, 5.74) is 0.367. The van der Waals surface area contributed by atoms with Gasteiger partial charge in [-0.05, 0) is 42.5 Å². The number of carbonyl (C=O) groups is 1. The first-order chi connectivity index (χ1) is 13.4. The predicted molar refractivity (Wildman–Crippen MR) is 96.6 cm³/mol. The second-order valence-electron chi connectivity index (χ2n) is 5.92. The molecule has 4 rings (SSSR count). The number of alkyl halides is 3. The molecule has 0 aliphatic carbocycles. The highest BCUT2D eigenvalue weighted by Gasteiger charge is 2.34. The van der Waals surface area contributed by atoms with Crippen molar-refractivity contribution in [3.63, 3.8) is 0 Å². The quantitative estimate of drug-likeness (QED) is 0.531. The predicted octanol–water partition coefficient (Wildman–Crippen LogP) is 5.16. The molecule has 0 aliphatic heterocycles. The Balaban J connectivity index is 1.63. The summed E-state index contributed by atoms with van der Waals surface area (Å²) in [5, 5.41) is 2.49. The average molecular weight is 383 g/mol. The minimum atomic E-state index is -4.62. The van der Waals surface area contributed by atoms with Crippen molar-refractivity contribution in [2.24, 2.45) is 0 Å². The SMILES string of the molecule is O=C(Nc1cccc(-c2nc3ncccc3o2)c1)c1ccccc1C(F)(F)F. The van der Waals surface area contributed by atoms with E-state index in [-0.39, 0.29) is 0 Å². The van der Waals surface area contributed by atoms with Gasteiger partial charge in [-0.15, -0.1) is 0 Å². The molecule has 8 heteroatoms. The van der Waals surface area contributed by atoms with Crippen molar-refractivity contribution in [3.8, 4) is 11.5 Å². The molecule has 2 aromatic carbocycles. The Morgan fingerprint density at radius 2 is 1.82 bits per heavy atom. The fraction of sp³-hybridized carbons (Fsp3) is 0.0500. The fourth-order valence-corrected chi connectivity index (χ4v) is 2.75. The Labute approximate surface area is 156 Å². The van der Waals surface area contributed by atoms with Crippen LogP contribution in [0.25, 0.3) is 22.7 Å². The van der Waals surface area contributed by atoms with Gasteiger partial charge in [0, 0.05) is 17.4 Å². The topological polar surface area (TPSA) is 68.0 Å². The van der Waals surface area contributed by atoms with Gasteiger partial charge in [0.05, 0.1) is 11.1 Å². The lowest BCUT2D eigenvalue weighted by Gasteiger charge is -2.12. The van der Waals surface area contributed by atoms with E-state index in [2.05, 4.69) is 15.3 Å². The summed E-state index contributed by atoms with van der Waals surface area (Å²) in [7, 11) is 0. The van der Waals surface area contributed by atoms with Crippen LogP contribution in [-0.2, 0) is 6.18 Å². The van der Waals surface area contributed by atoms with Crippen LogP contribution in [0, 0.1) is 0 Å². The molecule has 5 nitrogen and oxygen atoms in total. The normalized spacial score (nSPS) is 11.5. The Hall–Kier alpha value is -3.68. The number of carbonyl (C=O) groups excluding carboxylic acids is 1. The monoisotopic (exact) mass is 383 g/mol. The van der Waals surface area contributed by atoms with Crippen molar-refractivity contribution in [1.29, 1.82) is 0 Å². The minimum Gasteiger partial charge on any atom is -0.434 e. The number of hydrogen-bond donors (Lipinski definition) is 1. The van der Waals surface area contributed by atoms with Crippen LogP contribution in [0.2, 0.25) is 0 Å². The highest BCUT2D eigenvalue weighted by molar-refractivity contribution is 6.05. The summed E-state index contributed by atoms with van der Waals surface area (Å²) >= 11 is 0. The number of benzene rings is 2. The third-order valence-corrected chi connectivity index (χ3v) is 4.01. The van der Waals surface area contributed by atoms with E-state index in [0.29, 0.717) is 28.4 Å². The van der Waals surface area contributed by atoms with Crippen molar-refractivity contribution in [2.45, 2.75) is 6.18 Å². The Bertz CT molecular complexity index is 1140. The number of nitrogens with zero attached hydrogens (tertiary/aromatic N) is 2. The lowest BCUT2D eigenvalue weighted by Crippen LogP contribution is -2.18. The highest BCUT2D eigenvalue weighted by Crippen LogP contribution is 2.32. The maximum atomic E-state index is 13.1. The average Bonchev–Trinajstić information content (AvgIpc) is 3.12. The van der Waals surface area contributed by atoms with Crippen molar-refractivity contribution in [3.05, 3.63) is 78.0 Å². The largest absolute Gasteiger partial charge is 0.434 e. The number of anilines is 1. The molecule has 2 aromatic heterocycles. The Kier molecular flexibility index (Phi) is 4.31. The van der Waals surface area contributed by atoms with Gasteiger partial charge >= 0.3 is 6.18 Å². The second kappa shape index (κ2) is 6.80. The van der Waals surface area contributed by atoms with Gasteiger partial charge in [-0.1, -0.05) is 18.2 Å². The summed E-state index contributed by atoms with van der Waals surface area (Å²) < 4.78 is 45.0. The van der Waals surface area contributed by atoms with Gasteiger partial charge in [-0.3, -0.25) is 4.79 Å². The van der Waals surface area contributed by atoms with E-state index in [1.807, 2.05) is 0 Å². The maximum absolute atomic E-state index is 13.1. The fourth-order valence-electron chi connectivity index (χ4n) is 2.75. The summed E-state index contributed by atoms with van der Waals surface area (Å²) in [4.78, 5) is 20.8. The van der Waals surface area contributed by atoms with Gasteiger partial charge in [0.2, 0.25) is 5.89 Å². The van der Waals surface area contributed by atoms with Gasteiger partial charge in [-0.25, -0.2) is 4.98 Å². The van der Waals surface area contributed by atoms with Gasteiger partial charge in [0.25, 0.3) is 5.91 Å². The van der Waals surface area contributed by atoms with Crippen molar-refractivity contribution in [1.82, 2.24) is 9.97 Å². The van der Waals surface area contributed by atoms with Crippen molar-refractivity contribution < 1.29 is 22.4 Å². The lowest BCUT2D eigenvalue weighted by molar-refractivity contribution is -0.137. The number of amides is 1. The van der Waals surface area contributed by atoms with Gasteiger partial charge in [0.15, 0.2) is 11.2 Å². The van der Waals surface area contributed by atoms with Crippen LogP contribution in [0.1, 0.15) is 15.9 Å². The van der Waals surface area contributed by atoms with E-state index in [9.17, 15) is 18.0 Å². The van der Waals surface area contributed by atoms with E-state index in [1.54, 1.807) is 42.6 Å². The standard InChI is InChI=1S/C20H12F3N3O2/c21-20(22,23)15-8-2-1-7-14(15)18(27)25-13-6-3-5-12(11-13)19-26-17-16(28-19)9-4-10-24-17/h1-11H,(H,25,27). The first kappa shape index (κ1) is 17.7. The molecule has 1 amide bonds. The molecule has 1 N–H and O–H groups in total. The van der Waals surface area contributed by atoms with E-state index in [0.717, 1.165) is 12.1 Å². The smallest absolute Gasteiger partial charge is 0.417 e. The van der Waals surface area contributed by atoms with Crippen LogP contribution in [0.5, 0.6) is 0 Å². The Morgan fingerprint density at radius 1 is 1.00 bits per heavy atom. The molecule has 0 radical (unpaired) electrons. The first-order valence-electron chi connectivity index (χ1n) is 8.21. The van der Waals surface area contributed by atoms with Gasteiger partial charge in [0.1, 0.15) is 0 Å². The van der Waals surface area contributed by atoms with E-state index < -0.39 is 23.2 Å². The number of pyridine rings is 1. The van der Waals surface area contributed by atoms with Crippen LogP contribution in [0.3, 0.4) is 0 Å². The molecule has 0 saturated heterocycles. The molecular weight excluding hydrogens is 371 g/mol. The van der Waals surface area contributed by atoms with Gasteiger partial charge in [-0.2, -0.15) is 18.2 Å². The van der Waals surface area contributed by atoms with E-state index in [1.165, 1.54) is 12.1 Å². The zero-order chi connectivity index (χ0) is 19.7. The van der Waals surface area contributed by atoms with Crippen molar-refractivity contribution in [2.75, 3.05) is 5.32 Å². The zero-order valence-electron chi connectivity index (χ0n) is 14.2. The molecule has 0 saturated carbocycles. The molecule has 0 spiro atoms. The number of nitrogens with one attached hydrogen (secondary N) is 1. The summed E-state index contributed by atoms with van der Waals surface area (Å²) in [6, 6.07) is 14.5. The lowest BCUT2D eigenvalue weighted by atomic mass is 10.1. The van der Waals surface area contributed by atoms with Crippen molar-refractivity contribution >= 4 is 22.8 Å². The third kappa shape index (κ3) is 3.44. The molecule has 28 heavy (non-hydrogen) atoms. The zero-order valence-corrected chi connectivity index (χ0v) is 14.2. The van der Waals surface area contributed by atoms with Crippen LogP contribution < -0.4 is 5.32 Å². The second-order valence-corrected chi connectivity index (χ2v) is 5.92. The maximum Gasteiger partial charge on any atom is 0.417 e. The van der Waals surface area contributed by atoms with Crippen LogP contribution >= 0.6 is 0 Å². The number of fused-ring (bicyclic) bond motifs is 1. The molecular formula is C20H12F3N3O2.